The van der Waals surface area contributed by atoms with Crippen molar-refractivity contribution in [2.45, 2.75) is 6.42 Å². The number of nitrogens with zero attached hydrogens (tertiary/aromatic N) is 1. The van der Waals surface area contributed by atoms with Crippen LogP contribution in [0, 0.1) is 5.92 Å². The highest BCUT2D eigenvalue weighted by Gasteiger charge is 2.29. The zero-order chi connectivity index (χ0) is 9.10. The monoisotopic (exact) mass is 200 g/mol. The van der Waals surface area contributed by atoms with Gasteiger partial charge in [0.05, 0.1) is 5.92 Å². The molecule has 0 bridgehead atoms. The third kappa shape index (κ3) is 2.17. The van der Waals surface area contributed by atoms with Crippen molar-refractivity contribution in [3.63, 3.8) is 0 Å². The molecule has 2 rings (SSSR count). The minimum atomic E-state index is 0.281. The average molecular weight is 200 g/mol. The normalized spacial score (nSPS) is 25.1. The summed E-state index contributed by atoms with van der Waals surface area (Å²) in [5.41, 5.74) is 0. The third-order valence-electron chi connectivity index (χ3n) is 2.66. The van der Waals surface area contributed by atoms with Crippen molar-refractivity contribution >= 4 is 17.7 Å². The Balaban J connectivity index is 1.85. The molecule has 0 spiro atoms. The van der Waals surface area contributed by atoms with E-state index < -0.39 is 0 Å². The molecular weight excluding hydrogens is 184 g/mol. The summed E-state index contributed by atoms with van der Waals surface area (Å²) in [6.07, 6.45) is 1.16. The molecule has 1 N–H and O–H groups in total. The summed E-state index contributed by atoms with van der Waals surface area (Å²) in [5, 5.41) is 3.14. The molecule has 3 nitrogen and oxygen atoms in total. The summed E-state index contributed by atoms with van der Waals surface area (Å²) in [4.78, 5) is 13.9. The molecule has 0 aromatic carbocycles. The van der Waals surface area contributed by atoms with Crippen LogP contribution >= 0.6 is 11.8 Å². The second-order valence-corrected chi connectivity index (χ2v) is 4.87. The van der Waals surface area contributed by atoms with Crippen LogP contribution in [-0.4, -0.2) is 48.5 Å². The Kier molecular flexibility index (Phi) is 3.11. The van der Waals surface area contributed by atoms with E-state index in [1.165, 1.54) is 5.75 Å². The highest BCUT2D eigenvalue weighted by Crippen LogP contribution is 2.14. The number of carbonyl (C=O) groups is 1. The lowest BCUT2D eigenvalue weighted by Gasteiger charge is -2.31. The topological polar surface area (TPSA) is 32.3 Å². The molecule has 0 aromatic rings. The molecule has 1 amide bonds. The van der Waals surface area contributed by atoms with Crippen LogP contribution in [0.2, 0.25) is 0 Å². The number of rotatable bonds is 1. The standard InChI is InChI=1S/C9H16N2OS/c12-9(8-6-10-7-8)11-2-1-4-13-5-3-11/h8,10H,1-7H2. The molecule has 0 aromatic heterocycles. The smallest absolute Gasteiger partial charge is 0.228 e. The molecule has 0 aliphatic carbocycles. The van der Waals surface area contributed by atoms with Crippen molar-refractivity contribution in [1.29, 1.82) is 0 Å². The molecule has 0 atom stereocenters. The second kappa shape index (κ2) is 4.33. The molecule has 0 radical (unpaired) electrons. The summed E-state index contributed by atoms with van der Waals surface area (Å²) in [6.45, 7) is 3.72. The van der Waals surface area contributed by atoms with E-state index in [1.807, 2.05) is 16.7 Å². The second-order valence-electron chi connectivity index (χ2n) is 3.65. The Morgan fingerprint density at radius 1 is 1.31 bits per heavy atom. The summed E-state index contributed by atoms with van der Waals surface area (Å²) in [6, 6.07) is 0. The van der Waals surface area contributed by atoms with Crippen molar-refractivity contribution < 1.29 is 4.79 Å². The number of hydrogen-bond acceptors (Lipinski definition) is 3. The molecule has 13 heavy (non-hydrogen) atoms. The summed E-state index contributed by atoms with van der Waals surface area (Å²) in [5.74, 6) is 2.99. The van der Waals surface area contributed by atoms with Gasteiger partial charge in [-0.25, -0.2) is 0 Å². The van der Waals surface area contributed by atoms with E-state index >= 15 is 0 Å². The van der Waals surface area contributed by atoms with Crippen molar-refractivity contribution in [3.05, 3.63) is 0 Å². The maximum atomic E-state index is 11.8. The van der Waals surface area contributed by atoms with Crippen LogP contribution < -0.4 is 5.32 Å². The van der Waals surface area contributed by atoms with E-state index in [1.54, 1.807) is 0 Å². The number of amides is 1. The first-order valence-corrected chi connectivity index (χ1v) is 6.10. The Labute approximate surface area is 83.2 Å². The van der Waals surface area contributed by atoms with Crippen molar-refractivity contribution in [2.24, 2.45) is 5.92 Å². The SMILES string of the molecule is O=C(C1CNC1)N1CCCSCC1. The van der Waals surface area contributed by atoms with E-state index in [4.69, 9.17) is 0 Å². The number of thioether (sulfide) groups is 1. The molecular formula is C9H16N2OS. The van der Waals surface area contributed by atoms with Crippen LogP contribution in [0.1, 0.15) is 6.42 Å². The van der Waals surface area contributed by atoms with Crippen LogP contribution in [0.15, 0.2) is 0 Å². The quantitative estimate of drug-likeness (QED) is 0.655. The van der Waals surface area contributed by atoms with Gasteiger partial charge in [0.2, 0.25) is 5.91 Å². The van der Waals surface area contributed by atoms with Crippen molar-refractivity contribution in [1.82, 2.24) is 10.2 Å². The van der Waals surface area contributed by atoms with Crippen LogP contribution in [0.3, 0.4) is 0 Å². The maximum absolute atomic E-state index is 11.8. The molecule has 2 saturated heterocycles. The fraction of sp³-hybridized carbons (Fsp3) is 0.889. The molecule has 2 aliphatic heterocycles. The predicted molar refractivity (Wildman–Crippen MR) is 54.9 cm³/mol. The Morgan fingerprint density at radius 3 is 2.85 bits per heavy atom. The number of nitrogens with one attached hydrogen (secondary N) is 1. The van der Waals surface area contributed by atoms with Crippen LogP contribution in [0.5, 0.6) is 0 Å². The lowest BCUT2D eigenvalue weighted by atomic mass is 10.0. The molecule has 74 valence electrons. The molecule has 2 fully saturated rings. The lowest BCUT2D eigenvalue weighted by Crippen LogP contribution is -2.52. The van der Waals surface area contributed by atoms with Gasteiger partial charge < -0.3 is 10.2 Å². The Bertz CT molecular complexity index is 186. The van der Waals surface area contributed by atoms with E-state index in [0.717, 1.165) is 38.4 Å². The van der Waals surface area contributed by atoms with E-state index in [0.29, 0.717) is 5.91 Å². The van der Waals surface area contributed by atoms with Gasteiger partial charge in [0, 0.05) is 31.9 Å². The van der Waals surface area contributed by atoms with Gasteiger partial charge >= 0.3 is 0 Å². The average Bonchev–Trinajstić information content (AvgIpc) is 2.27. The van der Waals surface area contributed by atoms with Gasteiger partial charge in [-0.05, 0) is 12.2 Å². The molecule has 4 heteroatoms. The summed E-state index contributed by atoms with van der Waals surface area (Å²) >= 11 is 1.96. The lowest BCUT2D eigenvalue weighted by molar-refractivity contribution is -0.136. The van der Waals surface area contributed by atoms with Crippen molar-refractivity contribution in [2.75, 3.05) is 37.7 Å². The molecule has 2 aliphatic rings. The van der Waals surface area contributed by atoms with E-state index in [2.05, 4.69) is 5.32 Å². The van der Waals surface area contributed by atoms with Gasteiger partial charge in [-0.1, -0.05) is 0 Å². The van der Waals surface area contributed by atoms with E-state index in [-0.39, 0.29) is 5.92 Å². The van der Waals surface area contributed by atoms with Gasteiger partial charge in [-0.3, -0.25) is 4.79 Å². The first-order chi connectivity index (χ1) is 6.38. The highest BCUT2D eigenvalue weighted by molar-refractivity contribution is 7.99. The first kappa shape index (κ1) is 9.34. The van der Waals surface area contributed by atoms with Gasteiger partial charge in [-0.2, -0.15) is 11.8 Å². The molecule has 0 unspecified atom stereocenters. The largest absolute Gasteiger partial charge is 0.342 e. The fourth-order valence-corrected chi connectivity index (χ4v) is 2.57. The Hall–Kier alpha value is -0.220. The van der Waals surface area contributed by atoms with Gasteiger partial charge in [0.1, 0.15) is 0 Å². The maximum Gasteiger partial charge on any atom is 0.228 e. The number of hydrogen-bond donors (Lipinski definition) is 1. The van der Waals surface area contributed by atoms with Crippen molar-refractivity contribution in [3.8, 4) is 0 Å². The van der Waals surface area contributed by atoms with Crippen LogP contribution in [0.4, 0.5) is 0 Å². The number of carbonyl (C=O) groups excluding carboxylic acids is 1. The van der Waals surface area contributed by atoms with E-state index in [9.17, 15) is 4.79 Å². The minimum absolute atomic E-state index is 0.281. The van der Waals surface area contributed by atoms with Crippen LogP contribution in [-0.2, 0) is 4.79 Å². The zero-order valence-corrected chi connectivity index (χ0v) is 8.61. The Morgan fingerprint density at radius 2 is 2.15 bits per heavy atom. The minimum Gasteiger partial charge on any atom is -0.342 e. The third-order valence-corrected chi connectivity index (χ3v) is 3.71. The first-order valence-electron chi connectivity index (χ1n) is 4.95. The van der Waals surface area contributed by atoms with Crippen LogP contribution in [0.25, 0.3) is 0 Å². The van der Waals surface area contributed by atoms with Gasteiger partial charge in [0.15, 0.2) is 0 Å². The molecule has 2 heterocycles. The van der Waals surface area contributed by atoms with Gasteiger partial charge in [-0.15, -0.1) is 0 Å². The summed E-state index contributed by atoms with van der Waals surface area (Å²) in [7, 11) is 0. The summed E-state index contributed by atoms with van der Waals surface area (Å²) < 4.78 is 0. The predicted octanol–water partition coefficient (Wildman–Crippen LogP) is 0.171. The molecule has 0 saturated carbocycles. The fourth-order valence-electron chi connectivity index (χ4n) is 1.69. The highest BCUT2D eigenvalue weighted by atomic mass is 32.2. The van der Waals surface area contributed by atoms with Gasteiger partial charge in [0.25, 0.3) is 0 Å². The zero-order valence-electron chi connectivity index (χ0n) is 7.79.